The number of rotatable bonds is 1. The van der Waals surface area contributed by atoms with Gasteiger partial charge in [-0.3, -0.25) is 20.6 Å². The van der Waals surface area contributed by atoms with E-state index in [0.717, 1.165) is 25.2 Å². The Morgan fingerprint density at radius 1 is 1.58 bits per heavy atom. The van der Waals surface area contributed by atoms with Gasteiger partial charge in [-0.05, 0) is 6.42 Å². The van der Waals surface area contributed by atoms with Gasteiger partial charge >= 0.3 is 0 Å². The molecule has 0 aromatic rings. The minimum Gasteiger partial charge on any atom is -0.286 e. The van der Waals surface area contributed by atoms with Gasteiger partial charge in [0.2, 0.25) is 5.91 Å². The van der Waals surface area contributed by atoms with Crippen molar-refractivity contribution >= 4 is 11.7 Å². The molecule has 68 valence electrons. The number of hydrazine groups is 1. The van der Waals surface area contributed by atoms with E-state index in [1.54, 1.807) is 0 Å². The Labute approximate surface area is 72.4 Å². The molecule has 1 aliphatic heterocycles. The van der Waals surface area contributed by atoms with E-state index in [2.05, 4.69) is 15.8 Å². The number of nitrogens with one attached hydrogen (secondary N) is 2. The van der Waals surface area contributed by atoms with Crippen molar-refractivity contribution in [1.29, 1.82) is 0 Å². The van der Waals surface area contributed by atoms with Gasteiger partial charge in [0.15, 0.2) is 0 Å². The first-order valence-electron chi connectivity index (χ1n) is 4.29. The minimum absolute atomic E-state index is 0.00426. The fourth-order valence-electron chi connectivity index (χ4n) is 0.920. The van der Waals surface area contributed by atoms with Crippen LogP contribution in [-0.2, 0) is 4.79 Å². The van der Waals surface area contributed by atoms with Gasteiger partial charge in [-0.1, -0.05) is 13.8 Å². The molecule has 0 spiro atoms. The SMILES string of the molecule is CC(C)C(=O)NNC1=NCCC1. The molecule has 0 fully saturated rings. The topological polar surface area (TPSA) is 53.5 Å². The van der Waals surface area contributed by atoms with Crippen LogP contribution in [0.15, 0.2) is 4.99 Å². The van der Waals surface area contributed by atoms with Crippen LogP contribution in [0, 0.1) is 5.92 Å². The standard InChI is InChI=1S/C8H15N3O/c1-6(2)8(12)11-10-7-4-3-5-9-7/h6H,3-5H2,1-2H3,(H,9,10)(H,11,12). The molecule has 0 saturated carbocycles. The molecule has 1 heterocycles. The van der Waals surface area contributed by atoms with Crippen molar-refractivity contribution in [2.75, 3.05) is 6.54 Å². The van der Waals surface area contributed by atoms with Crippen molar-refractivity contribution in [1.82, 2.24) is 10.9 Å². The number of nitrogens with zero attached hydrogens (tertiary/aromatic N) is 1. The van der Waals surface area contributed by atoms with Crippen molar-refractivity contribution in [3.05, 3.63) is 0 Å². The van der Waals surface area contributed by atoms with Gasteiger partial charge in [0.25, 0.3) is 0 Å². The molecule has 0 saturated heterocycles. The number of aliphatic imine (C=N–C) groups is 1. The van der Waals surface area contributed by atoms with Crippen molar-refractivity contribution in [3.8, 4) is 0 Å². The molecule has 0 aliphatic carbocycles. The Hall–Kier alpha value is -1.06. The monoisotopic (exact) mass is 169 g/mol. The summed E-state index contributed by atoms with van der Waals surface area (Å²) in [7, 11) is 0. The van der Waals surface area contributed by atoms with Gasteiger partial charge in [0.05, 0.1) is 0 Å². The highest BCUT2D eigenvalue weighted by Crippen LogP contribution is 2.00. The van der Waals surface area contributed by atoms with Gasteiger partial charge in [-0.15, -0.1) is 0 Å². The third kappa shape index (κ3) is 2.53. The Kier molecular flexibility index (Phi) is 3.08. The maximum Gasteiger partial charge on any atom is 0.240 e. The van der Waals surface area contributed by atoms with Crippen molar-refractivity contribution in [2.45, 2.75) is 26.7 Å². The second-order valence-corrected chi connectivity index (χ2v) is 3.20. The lowest BCUT2D eigenvalue weighted by molar-refractivity contribution is -0.124. The zero-order valence-electron chi connectivity index (χ0n) is 7.55. The van der Waals surface area contributed by atoms with Crippen LogP contribution in [-0.4, -0.2) is 18.3 Å². The second-order valence-electron chi connectivity index (χ2n) is 3.20. The highest BCUT2D eigenvalue weighted by atomic mass is 16.2. The number of hydrogen-bond donors (Lipinski definition) is 2. The molecule has 0 aromatic heterocycles. The third-order valence-corrected chi connectivity index (χ3v) is 1.73. The van der Waals surface area contributed by atoms with E-state index in [1.807, 2.05) is 13.8 Å². The van der Waals surface area contributed by atoms with Gasteiger partial charge < -0.3 is 0 Å². The number of amides is 1. The summed E-state index contributed by atoms with van der Waals surface area (Å²) < 4.78 is 0. The quantitative estimate of drug-likeness (QED) is 0.560. The average molecular weight is 169 g/mol. The molecule has 12 heavy (non-hydrogen) atoms. The van der Waals surface area contributed by atoms with Crippen LogP contribution in [0.4, 0.5) is 0 Å². The molecule has 0 radical (unpaired) electrons. The van der Waals surface area contributed by atoms with Crippen LogP contribution in [0.1, 0.15) is 26.7 Å². The minimum atomic E-state index is 0.00426. The summed E-state index contributed by atoms with van der Waals surface area (Å²) in [5.41, 5.74) is 5.42. The second kappa shape index (κ2) is 4.09. The van der Waals surface area contributed by atoms with Gasteiger partial charge in [-0.2, -0.15) is 0 Å². The van der Waals surface area contributed by atoms with E-state index in [4.69, 9.17) is 0 Å². The fourth-order valence-corrected chi connectivity index (χ4v) is 0.920. The van der Waals surface area contributed by atoms with E-state index in [0.29, 0.717) is 0 Å². The van der Waals surface area contributed by atoms with Gasteiger partial charge in [0.1, 0.15) is 5.84 Å². The molecule has 0 unspecified atom stereocenters. The summed E-state index contributed by atoms with van der Waals surface area (Å²) in [6.45, 7) is 4.58. The fraction of sp³-hybridized carbons (Fsp3) is 0.750. The summed E-state index contributed by atoms with van der Waals surface area (Å²) in [6.07, 6.45) is 2.03. The molecule has 1 rings (SSSR count). The van der Waals surface area contributed by atoms with E-state index in [-0.39, 0.29) is 11.8 Å². The number of amidine groups is 1. The summed E-state index contributed by atoms with van der Waals surface area (Å²) in [5.74, 6) is 0.910. The first kappa shape index (κ1) is 9.03. The molecular weight excluding hydrogens is 154 g/mol. The first-order valence-corrected chi connectivity index (χ1v) is 4.29. The summed E-state index contributed by atoms with van der Waals surface area (Å²) in [4.78, 5) is 15.2. The normalized spacial score (nSPS) is 16.1. The predicted octanol–water partition coefficient (Wildman–Crippen LogP) is 0.455. The van der Waals surface area contributed by atoms with Crippen LogP contribution < -0.4 is 10.9 Å². The predicted molar refractivity (Wildman–Crippen MR) is 47.7 cm³/mol. The van der Waals surface area contributed by atoms with Crippen LogP contribution in [0.25, 0.3) is 0 Å². The largest absolute Gasteiger partial charge is 0.286 e. The Bertz CT molecular complexity index is 198. The summed E-state index contributed by atoms with van der Waals surface area (Å²) in [5, 5.41) is 0. The zero-order chi connectivity index (χ0) is 8.97. The molecule has 0 aromatic carbocycles. The van der Waals surface area contributed by atoms with Gasteiger partial charge in [0, 0.05) is 18.9 Å². The van der Waals surface area contributed by atoms with Crippen LogP contribution in [0.3, 0.4) is 0 Å². The summed E-state index contributed by atoms with van der Waals surface area (Å²) >= 11 is 0. The van der Waals surface area contributed by atoms with E-state index < -0.39 is 0 Å². The first-order chi connectivity index (χ1) is 5.70. The van der Waals surface area contributed by atoms with Crippen LogP contribution in [0.5, 0.6) is 0 Å². The Morgan fingerprint density at radius 2 is 2.33 bits per heavy atom. The molecule has 2 N–H and O–H groups in total. The molecule has 1 aliphatic rings. The molecule has 4 nitrogen and oxygen atoms in total. The van der Waals surface area contributed by atoms with Crippen LogP contribution in [0.2, 0.25) is 0 Å². The Morgan fingerprint density at radius 3 is 2.83 bits per heavy atom. The molecular formula is C8H15N3O. The van der Waals surface area contributed by atoms with E-state index in [1.165, 1.54) is 0 Å². The number of hydrogen-bond acceptors (Lipinski definition) is 3. The highest BCUT2D eigenvalue weighted by Gasteiger charge is 2.08. The van der Waals surface area contributed by atoms with Crippen molar-refractivity contribution in [3.63, 3.8) is 0 Å². The smallest absolute Gasteiger partial charge is 0.240 e. The lowest BCUT2D eigenvalue weighted by Crippen LogP contribution is -2.42. The highest BCUT2D eigenvalue weighted by molar-refractivity contribution is 5.86. The number of carbonyl (C=O) groups excluding carboxylic acids is 1. The van der Waals surface area contributed by atoms with E-state index >= 15 is 0 Å². The zero-order valence-corrected chi connectivity index (χ0v) is 7.55. The maximum absolute atomic E-state index is 11.1. The maximum atomic E-state index is 11.1. The molecule has 4 heteroatoms. The Balaban J connectivity index is 2.21. The van der Waals surface area contributed by atoms with Gasteiger partial charge in [-0.25, -0.2) is 0 Å². The summed E-state index contributed by atoms with van der Waals surface area (Å²) in [6, 6.07) is 0. The van der Waals surface area contributed by atoms with Crippen molar-refractivity contribution in [2.24, 2.45) is 10.9 Å². The molecule has 0 bridgehead atoms. The van der Waals surface area contributed by atoms with Crippen molar-refractivity contribution < 1.29 is 4.79 Å². The number of carbonyl (C=O) groups is 1. The lowest BCUT2D eigenvalue weighted by Gasteiger charge is -2.09. The van der Waals surface area contributed by atoms with Crippen LogP contribution >= 0.6 is 0 Å². The lowest BCUT2D eigenvalue weighted by atomic mass is 10.2. The average Bonchev–Trinajstić information content (AvgIpc) is 2.51. The van der Waals surface area contributed by atoms with E-state index in [9.17, 15) is 4.79 Å². The molecule has 1 amide bonds. The third-order valence-electron chi connectivity index (χ3n) is 1.73. The molecule has 0 atom stereocenters.